The van der Waals surface area contributed by atoms with Crippen LogP contribution < -0.4 is 14.8 Å². The summed E-state index contributed by atoms with van der Waals surface area (Å²) in [5.74, 6) is -4.14. The number of rotatable bonds is 9. The Morgan fingerprint density at radius 2 is 1.75 bits per heavy atom. The molecule has 1 fully saturated rings. The van der Waals surface area contributed by atoms with Crippen LogP contribution in [-0.4, -0.2) is 34.8 Å². The second kappa shape index (κ2) is 12.6. The molecule has 2 aromatic carbocycles. The highest BCUT2D eigenvalue weighted by atomic mass is 35.5. The first-order valence-corrected chi connectivity index (χ1v) is 12.9. The smallest absolute Gasteiger partial charge is 0.387 e. The van der Waals surface area contributed by atoms with Gasteiger partial charge in [-0.25, -0.2) is 9.18 Å². The number of anilines is 1. The van der Waals surface area contributed by atoms with E-state index in [4.69, 9.17) is 16.7 Å². The first-order valence-electron chi connectivity index (χ1n) is 12.5. The number of carboxylic acid groups (broad SMARTS) is 1. The van der Waals surface area contributed by atoms with Gasteiger partial charge >= 0.3 is 12.6 Å². The quantitative estimate of drug-likeness (QED) is 0.220. The number of hydrogen-bond donors (Lipinski definition) is 3. The molecule has 40 heavy (non-hydrogen) atoms. The molecule has 8 nitrogen and oxygen atoms in total. The molecule has 1 heterocycles. The molecule has 0 saturated heterocycles. The molecule has 12 heteroatoms. The highest BCUT2D eigenvalue weighted by Gasteiger charge is 2.33. The predicted molar refractivity (Wildman–Crippen MR) is 140 cm³/mol. The van der Waals surface area contributed by atoms with Gasteiger partial charge in [-0.05, 0) is 80.5 Å². The number of alkyl halides is 2. The number of halogens is 4. The van der Waals surface area contributed by atoms with E-state index in [0.717, 1.165) is 18.3 Å². The fourth-order valence-corrected chi connectivity index (χ4v) is 5.07. The summed E-state index contributed by atoms with van der Waals surface area (Å²) >= 11 is 5.85. The van der Waals surface area contributed by atoms with E-state index < -0.39 is 47.6 Å². The van der Waals surface area contributed by atoms with Crippen molar-refractivity contribution in [1.29, 1.82) is 0 Å². The topological polar surface area (TPSA) is 123 Å². The Balaban J connectivity index is 1.67. The van der Waals surface area contributed by atoms with Crippen LogP contribution >= 0.6 is 11.6 Å². The highest BCUT2D eigenvalue weighted by Crippen LogP contribution is 2.38. The lowest BCUT2D eigenvalue weighted by atomic mass is 9.80. The van der Waals surface area contributed by atoms with Gasteiger partial charge in [0.1, 0.15) is 11.7 Å². The van der Waals surface area contributed by atoms with Gasteiger partial charge in [0.2, 0.25) is 11.6 Å². The third kappa shape index (κ3) is 6.83. The van der Waals surface area contributed by atoms with Gasteiger partial charge in [-0.1, -0.05) is 11.6 Å². The molecule has 1 aromatic heterocycles. The van der Waals surface area contributed by atoms with Crippen molar-refractivity contribution in [2.75, 3.05) is 5.32 Å². The maximum Gasteiger partial charge on any atom is 0.387 e. The van der Waals surface area contributed by atoms with E-state index in [1.807, 2.05) is 0 Å². The van der Waals surface area contributed by atoms with Gasteiger partial charge < -0.3 is 25.5 Å². The number of benzene rings is 2. The molecule has 0 radical (unpaired) electrons. The number of aromatic nitrogens is 1. The molecule has 1 aliphatic rings. The van der Waals surface area contributed by atoms with E-state index in [1.54, 1.807) is 0 Å². The van der Waals surface area contributed by atoms with Gasteiger partial charge in [-0.15, -0.1) is 0 Å². The van der Waals surface area contributed by atoms with Gasteiger partial charge in [0.25, 0.3) is 0 Å². The summed E-state index contributed by atoms with van der Waals surface area (Å²) in [5, 5.41) is 34.6. The summed E-state index contributed by atoms with van der Waals surface area (Å²) in [6, 6.07) is 10.3. The standard InChI is InChI=1S/C28H26ClF3N2O6/c29-21-10-12-23(40-28(31)32)24(25(21)30)17-5-11-22(34(39)14-17)20(13-15-1-8-19(35)9-2-15)26(36)33-18-6-3-16(4-7-18)27(37)38/h3-7,10-12,14-15,19-20,28,35H,1-2,8-9,13H2,(H,33,36)(H,37,38)/t15-,19-,20?. The van der Waals surface area contributed by atoms with Crippen LogP contribution in [0.5, 0.6) is 5.75 Å². The summed E-state index contributed by atoms with van der Waals surface area (Å²) in [6.45, 7) is -3.25. The maximum absolute atomic E-state index is 14.9. The van der Waals surface area contributed by atoms with Crippen LogP contribution in [0.15, 0.2) is 54.7 Å². The molecule has 3 N–H and O–H groups in total. The van der Waals surface area contributed by atoms with E-state index in [9.17, 15) is 33.1 Å². The minimum absolute atomic E-state index is 0.0321. The summed E-state index contributed by atoms with van der Waals surface area (Å²) in [7, 11) is 0. The number of aromatic carboxylic acids is 1. The molecule has 1 saturated carbocycles. The number of carboxylic acids is 1. The first kappa shape index (κ1) is 29.2. The van der Waals surface area contributed by atoms with Crippen molar-refractivity contribution in [3.8, 4) is 16.9 Å². The van der Waals surface area contributed by atoms with Crippen LogP contribution in [0.2, 0.25) is 5.02 Å². The molecule has 1 aliphatic carbocycles. The summed E-state index contributed by atoms with van der Waals surface area (Å²) in [5.41, 5.74) is -0.119. The molecular formula is C28H26ClF3N2O6. The van der Waals surface area contributed by atoms with Crippen LogP contribution in [0.3, 0.4) is 0 Å². The average Bonchev–Trinajstić information content (AvgIpc) is 2.91. The summed E-state index contributed by atoms with van der Waals surface area (Å²) < 4.78 is 45.6. The number of nitrogens with one attached hydrogen (secondary N) is 1. The van der Waals surface area contributed by atoms with Crippen molar-refractivity contribution in [2.24, 2.45) is 5.92 Å². The van der Waals surface area contributed by atoms with E-state index in [0.29, 0.717) is 36.1 Å². The number of nitrogens with zero attached hydrogens (tertiary/aromatic N) is 1. The lowest BCUT2D eigenvalue weighted by Crippen LogP contribution is -2.38. The molecule has 0 aliphatic heterocycles. The van der Waals surface area contributed by atoms with Crippen LogP contribution in [0, 0.1) is 16.9 Å². The number of carbonyl (C=O) groups excluding carboxylic acids is 1. The lowest BCUT2D eigenvalue weighted by molar-refractivity contribution is -0.614. The van der Waals surface area contributed by atoms with Crippen LogP contribution in [0.25, 0.3) is 11.1 Å². The van der Waals surface area contributed by atoms with E-state index >= 15 is 0 Å². The fourth-order valence-electron chi connectivity index (χ4n) is 4.91. The zero-order valence-corrected chi connectivity index (χ0v) is 21.8. The van der Waals surface area contributed by atoms with Crippen LogP contribution in [0.1, 0.15) is 54.1 Å². The first-order chi connectivity index (χ1) is 19.0. The highest BCUT2D eigenvalue weighted by molar-refractivity contribution is 6.31. The summed E-state index contributed by atoms with van der Waals surface area (Å²) in [4.78, 5) is 24.6. The molecule has 3 aromatic rings. The Morgan fingerprint density at radius 1 is 1.07 bits per heavy atom. The van der Waals surface area contributed by atoms with E-state index in [-0.39, 0.29) is 34.2 Å². The largest absolute Gasteiger partial charge is 0.618 e. The number of pyridine rings is 1. The van der Waals surface area contributed by atoms with Crippen molar-refractivity contribution in [3.63, 3.8) is 0 Å². The molecule has 1 unspecified atom stereocenters. The monoisotopic (exact) mass is 578 g/mol. The second-order valence-electron chi connectivity index (χ2n) is 9.62. The predicted octanol–water partition coefficient (Wildman–Crippen LogP) is 5.74. The Labute approximate surface area is 232 Å². The van der Waals surface area contributed by atoms with Crippen LogP contribution in [0.4, 0.5) is 18.9 Å². The molecule has 1 amide bonds. The van der Waals surface area contributed by atoms with Crippen molar-refractivity contribution in [3.05, 3.63) is 82.0 Å². The van der Waals surface area contributed by atoms with Crippen molar-refractivity contribution >= 4 is 29.2 Å². The zero-order valence-electron chi connectivity index (χ0n) is 21.0. The maximum atomic E-state index is 14.9. The van der Waals surface area contributed by atoms with Crippen molar-refractivity contribution in [2.45, 2.75) is 50.7 Å². The van der Waals surface area contributed by atoms with Crippen molar-refractivity contribution < 1.29 is 42.4 Å². The van der Waals surface area contributed by atoms with E-state index in [2.05, 4.69) is 10.1 Å². The normalized spacial score (nSPS) is 17.9. The number of ether oxygens (including phenoxy) is 1. The number of hydrogen-bond acceptors (Lipinski definition) is 5. The van der Waals surface area contributed by atoms with Gasteiger partial charge in [0, 0.05) is 11.8 Å². The number of carbonyl (C=O) groups is 2. The fraction of sp³-hybridized carbons (Fsp3) is 0.321. The van der Waals surface area contributed by atoms with Gasteiger partial charge in [0.15, 0.2) is 12.0 Å². The third-order valence-electron chi connectivity index (χ3n) is 6.96. The lowest BCUT2D eigenvalue weighted by Gasteiger charge is -2.28. The number of aliphatic hydroxyl groups excluding tert-OH is 1. The van der Waals surface area contributed by atoms with E-state index in [1.165, 1.54) is 36.4 Å². The molecule has 0 spiro atoms. The molecule has 4 rings (SSSR count). The zero-order chi connectivity index (χ0) is 29.0. The van der Waals surface area contributed by atoms with Crippen LogP contribution in [-0.2, 0) is 4.79 Å². The second-order valence-corrected chi connectivity index (χ2v) is 10.0. The average molecular weight is 579 g/mol. The number of amides is 1. The Morgan fingerprint density at radius 3 is 2.35 bits per heavy atom. The minimum Gasteiger partial charge on any atom is -0.618 e. The SMILES string of the molecule is O=C(O)c1ccc(NC(=O)C(C[C@H]2CC[C@H](O)CC2)c2ccc(-c3c(OC(F)F)ccc(Cl)c3F)c[n+]2[O-])cc1. The molecule has 1 atom stereocenters. The Bertz CT molecular complexity index is 1380. The van der Waals surface area contributed by atoms with Gasteiger partial charge in [0.05, 0.1) is 27.8 Å². The Kier molecular flexibility index (Phi) is 9.16. The van der Waals surface area contributed by atoms with Gasteiger partial charge in [-0.2, -0.15) is 13.5 Å². The van der Waals surface area contributed by atoms with Crippen molar-refractivity contribution in [1.82, 2.24) is 0 Å². The minimum atomic E-state index is -3.25. The molecular weight excluding hydrogens is 553 g/mol. The summed E-state index contributed by atoms with van der Waals surface area (Å²) in [6.07, 6.45) is 3.25. The van der Waals surface area contributed by atoms with Gasteiger partial charge in [-0.3, -0.25) is 4.79 Å². The molecule has 0 bridgehead atoms. The Hall–Kier alpha value is -3.83. The number of aliphatic hydroxyl groups is 1. The third-order valence-corrected chi connectivity index (χ3v) is 7.26. The molecule has 212 valence electrons.